The van der Waals surface area contributed by atoms with Gasteiger partial charge in [-0.2, -0.15) is 13.2 Å². The predicted molar refractivity (Wildman–Crippen MR) is 47.2 cm³/mol. The summed E-state index contributed by atoms with van der Waals surface area (Å²) in [4.78, 5) is 12.3. The van der Waals surface area contributed by atoms with Crippen molar-refractivity contribution in [3.63, 3.8) is 0 Å². The summed E-state index contributed by atoms with van der Waals surface area (Å²) in [5.74, 6) is -0.501. The molecule has 1 fully saturated rings. The van der Waals surface area contributed by atoms with Crippen LogP contribution in [0.15, 0.2) is 12.7 Å². The van der Waals surface area contributed by atoms with Crippen LogP contribution in [-0.4, -0.2) is 42.3 Å². The second-order valence-electron chi connectivity index (χ2n) is 3.42. The third-order valence-corrected chi connectivity index (χ3v) is 2.11. The molecule has 1 rings (SSSR count). The lowest BCUT2D eigenvalue weighted by Gasteiger charge is -2.36. The lowest BCUT2D eigenvalue weighted by atomic mass is 10.2. The fourth-order valence-corrected chi connectivity index (χ4v) is 1.44. The van der Waals surface area contributed by atoms with Gasteiger partial charge in [0, 0.05) is 6.54 Å². The van der Waals surface area contributed by atoms with E-state index in [0.29, 0.717) is 0 Å². The molecule has 15 heavy (non-hydrogen) atoms. The van der Waals surface area contributed by atoms with Gasteiger partial charge >= 0.3 is 6.18 Å². The van der Waals surface area contributed by atoms with Crippen LogP contribution in [-0.2, 0) is 9.53 Å². The lowest BCUT2D eigenvalue weighted by Crippen LogP contribution is -2.53. The molecule has 1 saturated heterocycles. The van der Waals surface area contributed by atoms with Crippen LogP contribution in [0.2, 0.25) is 0 Å². The fraction of sp³-hybridized carbons (Fsp3) is 0.667. The second-order valence-corrected chi connectivity index (χ2v) is 3.42. The molecule has 1 heterocycles. The standard InChI is InChI=1S/C9H12F3NO2/c1-3-8(14)13-4-6(2)15-7(5-13)9(10,11)12/h3,6-7H,1,4-5H2,2H3/t6-,7-/m0/s1. The van der Waals surface area contributed by atoms with Crippen LogP contribution in [0.4, 0.5) is 13.2 Å². The molecule has 2 atom stereocenters. The number of morpholine rings is 1. The van der Waals surface area contributed by atoms with Gasteiger partial charge < -0.3 is 9.64 Å². The molecule has 1 aliphatic rings. The van der Waals surface area contributed by atoms with Gasteiger partial charge in [0.15, 0.2) is 6.10 Å². The van der Waals surface area contributed by atoms with E-state index in [9.17, 15) is 18.0 Å². The van der Waals surface area contributed by atoms with Gasteiger partial charge in [-0.05, 0) is 13.0 Å². The van der Waals surface area contributed by atoms with Gasteiger partial charge in [0.05, 0.1) is 12.6 Å². The second kappa shape index (κ2) is 4.22. The Hall–Kier alpha value is -1.04. The zero-order chi connectivity index (χ0) is 11.6. The highest BCUT2D eigenvalue weighted by atomic mass is 19.4. The van der Waals surface area contributed by atoms with E-state index in [0.717, 1.165) is 11.0 Å². The molecule has 0 radical (unpaired) electrons. The summed E-state index contributed by atoms with van der Waals surface area (Å²) in [7, 11) is 0. The van der Waals surface area contributed by atoms with E-state index in [1.807, 2.05) is 0 Å². The Morgan fingerprint density at radius 1 is 1.53 bits per heavy atom. The first kappa shape index (κ1) is 12.0. The number of carbonyl (C=O) groups is 1. The monoisotopic (exact) mass is 223 g/mol. The molecular weight excluding hydrogens is 211 g/mol. The largest absolute Gasteiger partial charge is 0.416 e. The van der Waals surface area contributed by atoms with Gasteiger partial charge in [-0.15, -0.1) is 0 Å². The number of rotatable bonds is 1. The molecule has 0 unspecified atom stereocenters. The number of hydrogen-bond acceptors (Lipinski definition) is 2. The van der Waals surface area contributed by atoms with Crippen LogP contribution < -0.4 is 0 Å². The van der Waals surface area contributed by atoms with Crippen molar-refractivity contribution >= 4 is 5.91 Å². The Bertz CT molecular complexity index is 265. The molecule has 1 amide bonds. The molecule has 0 aromatic carbocycles. The lowest BCUT2D eigenvalue weighted by molar-refractivity contribution is -0.249. The fourth-order valence-electron chi connectivity index (χ4n) is 1.44. The Balaban J connectivity index is 2.72. The number of hydrogen-bond donors (Lipinski definition) is 0. The molecule has 0 spiro atoms. The minimum Gasteiger partial charge on any atom is -0.362 e. The summed E-state index contributed by atoms with van der Waals surface area (Å²) in [6.45, 7) is 4.44. The Labute approximate surface area is 85.5 Å². The molecule has 3 nitrogen and oxygen atoms in total. The van der Waals surface area contributed by atoms with Gasteiger partial charge in [0.2, 0.25) is 5.91 Å². The Morgan fingerprint density at radius 3 is 2.60 bits per heavy atom. The molecule has 0 aliphatic carbocycles. The number of nitrogens with zero attached hydrogens (tertiary/aromatic N) is 1. The molecule has 0 N–H and O–H groups in total. The Kier molecular flexibility index (Phi) is 3.38. The van der Waals surface area contributed by atoms with E-state index in [-0.39, 0.29) is 6.54 Å². The predicted octanol–water partition coefficient (Wildman–Crippen LogP) is 1.35. The maximum atomic E-state index is 12.4. The van der Waals surface area contributed by atoms with Crippen LogP contribution in [0.25, 0.3) is 0 Å². The third-order valence-electron chi connectivity index (χ3n) is 2.11. The molecule has 0 aromatic heterocycles. The number of carbonyl (C=O) groups excluding carboxylic acids is 1. The number of amides is 1. The molecule has 0 aromatic rings. The first-order chi connectivity index (χ1) is 6.84. The molecule has 86 valence electrons. The highest BCUT2D eigenvalue weighted by molar-refractivity contribution is 5.87. The summed E-state index contributed by atoms with van der Waals surface area (Å²) in [6, 6.07) is 0. The summed E-state index contributed by atoms with van der Waals surface area (Å²) in [5, 5.41) is 0. The van der Waals surface area contributed by atoms with Crippen molar-refractivity contribution in [1.82, 2.24) is 4.90 Å². The van der Waals surface area contributed by atoms with Crippen molar-refractivity contribution in [3.8, 4) is 0 Å². The maximum absolute atomic E-state index is 12.4. The Morgan fingerprint density at radius 2 is 2.13 bits per heavy atom. The van der Waals surface area contributed by atoms with Crippen LogP contribution in [0, 0.1) is 0 Å². The van der Waals surface area contributed by atoms with E-state index in [4.69, 9.17) is 4.74 Å². The first-order valence-corrected chi connectivity index (χ1v) is 4.48. The summed E-state index contributed by atoms with van der Waals surface area (Å²) < 4.78 is 41.8. The van der Waals surface area contributed by atoms with Crippen molar-refractivity contribution in [1.29, 1.82) is 0 Å². The zero-order valence-corrected chi connectivity index (χ0v) is 8.25. The average molecular weight is 223 g/mol. The smallest absolute Gasteiger partial charge is 0.362 e. The minimum atomic E-state index is -4.44. The molecule has 0 bridgehead atoms. The minimum absolute atomic E-state index is 0.164. The number of halogens is 3. The van der Waals surface area contributed by atoms with E-state index >= 15 is 0 Å². The number of ether oxygens (including phenoxy) is 1. The van der Waals surface area contributed by atoms with Crippen LogP contribution in [0.1, 0.15) is 6.92 Å². The normalized spacial score (nSPS) is 27.6. The molecule has 6 heteroatoms. The molecular formula is C9H12F3NO2. The number of alkyl halides is 3. The van der Waals surface area contributed by atoms with E-state index < -0.39 is 30.8 Å². The van der Waals surface area contributed by atoms with Gasteiger partial charge in [0.25, 0.3) is 0 Å². The van der Waals surface area contributed by atoms with Crippen LogP contribution in [0.3, 0.4) is 0 Å². The van der Waals surface area contributed by atoms with E-state index in [2.05, 4.69) is 6.58 Å². The first-order valence-electron chi connectivity index (χ1n) is 4.48. The summed E-state index contributed by atoms with van der Waals surface area (Å²) >= 11 is 0. The van der Waals surface area contributed by atoms with Crippen molar-refractivity contribution in [2.24, 2.45) is 0 Å². The highest BCUT2D eigenvalue weighted by Crippen LogP contribution is 2.27. The maximum Gasteiger partial charge on any atom is 0.416 e. The average Bonchev–Trinajstić information content (AvgIpc) is 2.14. The van der Waals surface area contributed by atoms with Gasteiger partial charge in [-0.3, -0.25) is 4.79 Å². The highest BCUT2D eigenvalue weighted by Gasteiger charge is 2.45. The third kappa shape index (κ3) is 2.95. The van der Waals surface area contributed by atoms with Gasteiger partial charge in [-0.25, -0.2) is 0 Å². The molecule has 1 aliphatic heterocycles. The van der Waals surface area contributed by atoms with Crippen molar-refractivity contribution in [2.45, 2.75) is 25.3 Å². The van der Waals surface area contributed by atoms with Crippen molar-refractivity contribution < 1.29 is 22.7 Å². The van der Waals surface area contributed by atoms with Crippen molar-refractivity contribution in [3.05, 3.63) is 12.7 Å². The van der Waals surface area contributed by atoms with Crippen LogP contribution >= 0.6 is 0 Å². The quantitative estimate of drug-likeness (QED) is 0.628. The topological polar surface area (TPSA) is 29.5 Å². The van der Waals surface area contributed by atoms with Crippen molar-refractivity contribution in [2.75, 3.05) is 13.1 Å². The summed E-state index contributed by atoms with van der Waals surface area (Å²) in [5.41, 5.74) is 0. The summed E-state index contributed by atoms with van der Waals surface area (Å²) in [6.07, 6.45) is -5.95. The molecule has 0 saturated carbocycles. The van der Waals surface area contributed by atoms with E-state index in [1.165, 1.54) is 6.92 Å². The van der Waals surface area contributed by atoms with E-state index in [1.54, 1.807) is 0 Å². The zero-order valence-electron chi connectivity index (χ0n) is 8.25. The van der Waals surface area contributed by atoms with Crippen LogP contribution in [0.5, 0.6) is 0 Å². The van der Waals surface area contributed by atoms with Gasteiger partial charge in [-0.1, -0.05) is 6.58 Å². The SMILES string of the molecule is C=CC(=O)N1C[C@@H](C(F)(F)F)O[C@@H](C)C1. The van der Waals surface area contributed by atoms with Gasteiger partial charge in [0.1, 0.15) is 0 Å².